The van der Waals surface area contributed by atoms with Gasteiger partial charge in [-0.15, -0.1) is 0 Å². The highest BCUT2D eigenvalue weighted by atomic mass is 35.5. The van der Waals surface area contributed by atoms with E-state index < -0.39 is 5.56 Å². The molecule has 0 aliphatic rings. The van der Waals surface area contributed by atoms with E-state index in [2.05, 4.69) is 0 Å². The zero-order chi connectivity index (χ0) is 15.2. The van der Waals surface area contributed by atoms with Crippen LogP contribution < -0.4 is 9.47 Å². The summed E-state index contributed by atoms with van der Waals surface area (Å²) in [7, 11) is 0. The third-order valence-corrected chi connectivity index (χ3v) is 3.44. The number of rotatable bonds is 5. The molecule has 1 unspecified atom stereocenters. The van der Waals surface area contributed by atoms with Crippen LogP contribution in [0, 0.1) is 0 Å². The van der Waals surface area contributed by atoms with Gasteiger partial charge in [0.15, 0.2) is 5.56 Å². The molecule has 0 amide bonds. The summed E-state index contributed by atoms with van der Waals surface area (Å²) in [5.41, 5.74) is 0.413. The Labute approximate surface area is 134 Å². The molecule has 0 aliphatic carbocycles. The molecule has 0 saturated heterocycles. The van der Waals surface area contributed by atoms with Gasteiger partial charge in [-0.2, -0.15) is 0 Å². The molecule has 22 heavy (non-hydrogen) atoms. The molecule has 110 valence electrons. The van der Waals surface area contributed by atoms with Crippen LogP contribution in [0.2, 0.25) is 0 Å². The summed E-state index contributed by atoms with van der Waals surface area (Å²) in [6.45, 7) is 0. The van der Waals surface area contributed by atoms with E-state index in [-0.39, 0.29) is 0 Å². The molecule has 0 saturated carbocycles. The highest BCUT2D eigenvalue weighted by Crippen LogP contribution is 2.28. The maximum Gasteiger partial charge on any atom is 0.197 e. The van der Waals surface area contributed by atoms with Crippen LogP contribution >= 0.6 is 11.6 Å². The standard InChI is InChI=1S/C19H15ClO2/c20-19(15-7-3-1-4-8-15)22-18-13-11-17(12-14-18)21-16-9-5-2-6-10-16/h1-14,19H. The first kappa shape index (κ1) is 14.5. The zero-order valence-electron chi connectivity index (χ0n) is 11.9. The van der Waals surface area contributed by atoms with Gasteiger partial charge in [-0.05, 0) is 36.4 Å². The van der Waals surface area contributed by atoms with Gasteiger partial charge in [0, 0.05) is 5.56 Å². The molecule has 3 heteroatoms. The van der Waals surface area contributed by atoms with E-state index in [0.717, 1.165) is 17.1 Å². The lowest BCUT2D eigenvalue weighted by Gasteiger charge is -2.13. The van der Waals surface area contributed by atoms with Gasteiger partial charge >= 0.3 is 0 Å². The molecule has 1 atom stereocenters. The number of halogens is 1. The molecule has 3 rings (SSSR count). The van der Waals surface area contributed by atoms with E-state index in [1.165, 1.54) is 0 Å². The van der Waals surface area contributed by atoms with Crippen LogP contribution in [0.5, 0.6) is 17.2 Å². The third-order valence-electron chi connectivity index (χ3n) is 3.10. The van der Waals surface area contributed by atoms with E-state index in [4.69, 9.17) is 21.1 Å². The lowest BCUT2D eigenvalue weighted by Crippen LogP contribution is -1.99. The predicted octanol–water partition coefficient (Wildman–Crippen LogP) is 5.80. The average molecular weight is 311 g/mol. The molecule has 3 aromatic rings. The van der Waals surface area contributed by atoms with Crippen LogP contribution in [-0.2, 0) is 0 Å². The number of ether oxygens (including phenoxy) is 2. The van der Waals surface area contributed by atoms with Gasteiger partial charge in [0.1, 0.15) is 17.2 Å². The fraction of sp³-hybridized carbons (Fsp3) is 0.0526. The van der Waals surface area contributed by atoms with Gasteiger partial charge in [-0.1, -0.05) is 60.1 Å². The Morgan fingerprint density at radius 3 is 1.73 bits per heavy atom. The van der Waals surface area contributed by atoms with Crippen LogP contribution in [0.15, 0.2) is 84.9 Å². The van der Waals surface area contributed by atoms with Crippen LogP contribution in [0.1, 0.15) is 11.1 Å². The fourth-order valence-corrected chi connectivity index (χ4v) is 2.25. The number of para-hydroxylation sites is 1. The first-order valence-corrected chi connectivity index (χ1v) is 7.43. The highest BCUT2D eigenvalue weighted by molar-refractivity contribution is 6.20. The topological polar surface area (TPSA) is 18.5 Å². The number of hydrogen-bond acceptors (Lipinski definition) is 2. The number of alkyl halides is 1. The molecular weight excluding hydrogens is 296 g/mol. The molecule has 2 nitrogen and oxygen atoms in total. The predicted molar refractivity (Wildman–Crippen MR) is 88.6 cm³/mol. The van der Waals surface area contributed by atoms with Gasteiger partial charge in [-0.25, -0.2) is 0 Å². The average Bonchev–Trinajstić information content (AvgIpc) is 2.58. The van der Waals surface area contributed by atoms with Crippen LogP contribution in [0.3, 0.4) is 0 Å². The Kier molecular flexibility index (Phi) is 4.62. The van der Waals surface area contributed by atoms with Crippen LogP contribution in [-0.4, -0.2) is 0 Å². The van der Waals surface area contributed by atoms with E-state index >= 15 is 0 Å². The van der Waals surface area contributed by atoms with Crippen molar-refractivity contribution in [3.63, 3.8) is 0 Å². The molecule has 3 aromatic carbocycles. The van der Waals surface area contributed by atoms with Crippen LogP contribution in [0.4, 0.5) is 0 Å². The van der Waals surface area contributed by atoms with Crippen molar-refractivity contribution in [3.8, 4) is 17.2 Å². The number of benzene rings is 3. The van der Waals surface area contributed by atoms with E-state index in [1.54, 1.807) is 0 Å². The Balaban J connectivity index is 1.64. The van der Waals surface area contributed by atoms with Crippen molar-refractivity contribution in [1.82, 2.24) is 0 Å². The van der Waals surface area contributed by atoms with Crippen LogP contribution in [0.25, 0.3) is 0 Å². The highest BCUT2D eigenvalue weighted by Gasteiger charge is 2.08. The monoisotopic (exact) mass is 310 g/mol. The minimum absolute atomic E-state index is 0.512. The quantitative estimate of drug-likeness (QED) is 0.555. The van der Waals surface area contributed by atoms with Gasteiger partial charge < -0.3 is 9.47 Å². The normalized spacial score (nSPS) is 11.7. The SMILES string of the molecule is ClC(Oc1ccc(Oc2ccccc2)cc1)c1ccccc1. The molecule has 0 fully saturated rings. The van der Waals surface area contributed by atoms with E-state index in [0.29, 0.717) is 5.75 Å². The van der Waals surface area contributed by atoms with Gasteiger partial charge in [0.05, 0.1) is 0 Å². The van der Waals surface area contributed by atoms with Gasteiger partial charge in [-0.3, -0.25) is 0 Å². The first-order valence-electron chi connectivity index (χ1n) is 7.00. The van der Waals surface area contributed by atoms with Crippen molar-refractivity contribution in [2.45, 2.75) is 5.56 Å². The summed E-state index contributed by atoms with van der Waals surface area (Å²) in [5.74, 6) is 2.25. The second kappa shape index (κ2) is 7.01. The first-order chi connectivity index (χ1) is 10.8. The largest absolute Gasteiger partial charge is 0.470 e. The molecular formula is C19H15ClO2. The van der Waals surface area contributed by atoms with Gasteiger partial charge in [0.25, 0.3) is 0 Å². The maximum atomic E-state index is 6.26. The summed E-state index contributed by atoms with van der Waals surface area (Å²) in [6, 6.07) is 26.7. The van der Waals surface area contributed by atoms with Gasteiger partial charge in [0.2, 0.25) is 0 Å². The lowest BCUT2D eigenvalue weighted by atomic mass is 10.2. The van der Waals surface area contributed by atoms with Crippen molar-refractivity contribution >= 4 is 11.6 Å². The van der Waals surface area contributed by atoms with Crippen molar-refractivity contribution < 1.29 is 9.47 Å². The molecule has 0 radical (unpaired) electrons. The fourth-order valence-electron chi connectivity index (χ4n) is 2.00. The summed E-state index contributed by atoms with van der Waals surface area (Å²) >= 11 is 6.26. The maximum absolute atomic E-state index is 6.26. The second-order valence-electron chi connectivity index (χ2n) is 4.73. The van der Waals surface area contributed by atoms with E-state index in [1.807, 2.05) is 84.9 Å². The van der Waals surface area contributed by atoms with E-state index in [9.17, 15) is 0 Å². The van der Waals surface area contributed by atoms with Crippen molar-refractivity contribution in [3.05, 3.63) is 90.5 Å². The smallest absolute Gasteiger partial charge is 0.197 e. The summed E-state index contributed by atoms with van der Waals surface area (Å²) < 4.78 is 11.4. The van der Waals surface area contributed by atoms with Crippen molar-refractivity contribution in [2.75, 3.05) is 0 Å². The van der Waals surface area contributed by atoms with Crippen molar-refractivity contribution in [1.29, 1.82) is 0 Å². The number of hydrogen-bond donors (Lipinski definition) is 0. The minimum atomic E-state index is -0.512. The Morgan fingerprint density at radius 1 is 0.591 bits per heavy atom. The molecule has 0 aliphatic heterocycles. The van der Waals surface area contributed by atoms with Crippen molar-refractivity contribution in [2.24, 2.45) is 0 Å². The lowest BCUT2D eigenvalue weighted by molar-refractivity contribution is 0.288. The minimum Gasteiger partial charge on any atom is -0.470 e. The summed E-state index contributed by atoms with van der Waals surface area (Å²) in [6.07, 6.45) is 0. The summed E-state index contributed by atoms with van der Waals surface area (Å²) in [5, 5.41) is 0. The Hall–Kier alpha value is -2.45. The molecule has 0 heterocycles. The second-order valence-corrected chi connectivity index (χ2v) is 5.13. The molecule has 0 bridgehead atoms. The zero-order valence-corrected chi connectivity index (χ0v) is 12.6. The molecule has 0 aromatic heterocycles. The Bertz CT molecular complexity index is 697. The summed E-state index contributed by atoms with van der Waals surface area (Å²) in [4.78, 5) is 0. The Morgan fingerprint density at radius 2 is 1.09 bits per heavy atom. The third kappa shape index (κ3) is 3.80. The molecule has 0 spiro atoms. The molecule has 0 N–H and O–H groups in total.